The van der Waals surface area contributed by atoms with Crippen molar-refractivity contribution < 1.29 is 4.74 Å². The zero-order valence-corrected chi connectivity index (χ0v) is 8.73. The van der Waals surface area contributed by atoms with Crippen LogP contribution in [0.25, 0.3) is 0 Å². The standard InChI is InChI=1S/C13H16O/c1-3-8-12(9-4-2)14-13-10-6-5-7-11-13/h3,5-11H,4H2,1-2H3. The third-order valence-corrected chi connectivity index (χ3v) is 1.72. The summed E-state index contributed by atoms with van der Waals surface area (Å²) in [6.07, 6.45) is 6.99. The van der Waals surface area contributed by atoms with Gasteiger partial charge in [0.1, 0.15) is 11.5 Å². The molecule has 0 fully saturated rings. The molecule has 0 saturated heterocycles. The number of ether oxygens (including phenoxy) is 1. The van der Waals surface area contributed by atoms with Gasteiger partial charge < -0.3 is 4.74 Å². The number of para-hydroxylation sites is 1. The maximum Gasteiger partial charge on any atom is 0.127 e. The number of rotatable bonds is 4. The van der Waals surface area contributed by atoms with Gasteiger partial charge in [-0.3, -0.25) is 0 Å². The molecule has 0 atom stereocenters. The summed E-state index contributed by atoms with van der Waals surface area (Å²) in [5.41, 5.74) is 0. The van der Waals surface area contributed by atoms with Gasteiger partial charge in [0.15, 0.2) is 0 Å². The second kappa shape index (κ2) is 6.03. The number of hydrogen-bond acceptors (Lipinski definition) is 1. The Morgan fingerprint density at radius 3 is 2.57 bits per heavy atom. The van der Waals surface area contributed by atoms with E-state index in [2.05, 4.69) is 13.0 Å². The molecule has 0 aliphatic heterocycles. The summed E-state index contributed by atoms with van der Waals surface area (Å²) in [6, 6.07) is 9.81. The van der Waals surface area contributed by atoms with Crippen molar-refractivity contribution in [3.8, 4) is 5.75 Å². The SMILES string of the molecule is CC=CC(=CCC)Oc1ccccc1. The average Bonchev–Trinajstić information content (AvgIpc) is 2.20. The van der Waals surface area contributed by atoms with Crippen LogP contribution in [-0.4, -0.2) is 0 Å². The van der Waals surface area contributed by atoms with E-state index in [9.17, 15) is 0 Å². The van der Waals surface area contributed by atoms with Gasteiger partial charge in [-0.15, -0.1) is 0 Å². The minimum Gasteiger partial charge on any atom is -0.458 e. The molecule has 0 spiro atoms. The van der Waals surface area contributed by atoms with Gasteiger partial charge in [0, 0.05) is 0 Å². The highest BCUT2D eigenvalue weighted by atomic mass is 16.5. The van der Waals surface area contributed by atoms with Gasteiger partial charge in [0.25, 0.3) is 0 Å². The van der Waals surface area contributed by atoms with Crippen LogP contribution in [0.2, 0.25) is 0 Å². The molecule has 1 rings (SSSR count). The summed E-state index contributed by atoms with van der Waals surface area (Å²) >= 11 is 0. The molecule has 0 saturated carbocycles. The molecule has 74 valence electrons. The summed E-state index contributed by atoms with van der Waals surface area (Å²) in [7, 11) is 0. The first-order chi connectivity index (χ1) is 6.86. The first-order valence-electron chi connectivity index (χ1n) is 4.92. The summed E-state index contributed by atoms with van der Waals surface area (Å²) in [5, 5.41) is 0. The van der Waals surface area contributed by atoms with E-state index in [0.29, 0.717) is 0 Å². The second-order valence-corrected chi connectivity index (χ2v) is 2.93. The van der Waals surface area contributed by atoms with Crippen LogP contribution in [0.4, 0.5) is 0 Å². The number of hydrogen-bond donors (Lipinski definition) is 0. The normalized spacial score (nSPS) is 12.0. The zero-order valence-electron chi connectivity index (χ0n) is 8.73. The molecular formula is C13H16O. The smallest absolute Gasteiger partial charge is 0.127 e. The molecule has 1 heteroatoms. The fraction of sp³-hybridized carbons (Fsp3) is 0.231. The molecule has 1 aromatic carbocycles. The van der Waals surface area contributed by atoms with Crippen LogP contribution in [-0.2, 0) is 0 Å². The predicted octanol–water partition coefficient (Wildman–Crippen LogP) is 3.94. The average molecular weight is 188 g/mol. The monoisotopic (exact) mass is 188 g/mol. The Kier molecular flexibility index (Phi) is 4.56. The maximum atomic E-state index is 5.67. The molecule has 1 nitrogen and oxygen atoms in total. The number of benzene rings is 1. The Bertz CT molecular complexity index is 309. The molecule has 0 unspecified atom stereocenters. The van der Waals surface area contributed by atoms with Crippen molar-refractivity contribution in [1.29, 1.82) is 0 Å². The lowest BCUT2D eigenvalue weighted by atomic mass is 10.3. The first-order valence-corrected chi connectivity index (χ1v) is 4.92. The first kappa shape index (κ1) is 10.6. The van der Waals surface area contributed by atoms with Gasteiger partial charge in [-0.1, -0.05) is 31.2 Å². The Balaban J connectivity index is 2.70. The van der Waals surface area contributed by atoms with Crippen LogP contribution in [0, 0.1) is 0 Å². The molecular weight excluding hydrogens is 172 g/mol. The Morgan fingerprint density at radius 2 is 2.00 bits per heavy atom. The molecule has 0 heterocycles. The Morgan fingerprint density at radius 1 is 1.29 bits per heavy atom. The molecule has 1 aromatic rings. The Hall–Kier alpha value is -1.50. The minimum atomic E-state index is 0.880. The van der Waals surface area contributed by atoms with Gasteiger partial charge in [-0.25, -0.2) is 0 Å². The lowest BCUT2D eigenvalue weighted by Gasteiger charge is -2.05. The predicted molar refractivity (Wildman–Crippen MR) is 60.3 cm³/mol. The van der Waals surface area contributed by atoms with Crippen LogP contribution >= 0.6 is 0 Å². The molecule has 0 aliphatic rings. The van der Waals surface area contributed by atoms with E-state index in [1.807, 2.05) is 49.4 Å². The molecule has 0 aliphatic carbocycles. The van der Waals surface area contributed by atoms with E-state index < -0.39 is 0 Å². The van der Waals surface area contributed by atoms with Crippen LogP contribution in [0.5, 0.6) is 5.75 Å². The van der Waals surface area contributed by atoms with Crippen molar-refractivity contribution >= 4 is 0 Å². The lowest BCUT2D eigenvalue weighted by molar-refractivity contribution is 0.442. The van der Waals surface area contributed by atoms with Crippen LogP contribution in [0.15, 0.2) is 54.3 Å². The molecule has 0 amide bonds. The fourth-order valence-corrected chi connectivity index (χ4v) is 1.13. The topological polar surface area (TPSA) is 9.23 Å². The van der Waals surface area contributed by atoms with E-state index in [1.165, 1.54) is 0 Å². The van der Waals surface area contributed by atoms with Gasteiger partial charge in [-0.2, -0.15) is 0 Å². The quantitative estimate of drug-likeness (QED) is 0.513. The van der Waals surface area contributed by atoms with Crippen LogP contribution in [0.1, 0.15) is 20.3 Å². The van der Waals surface area contributed by atoms with Gasteiger partial charge >= 0.3 is 0 Å². The molecule has 0 N–H and O–H groups in total. The minimum absolute atomic E-state index is 0.880. The van der Waals surface area contributed by atoms with Gasteiger partial charge in [-0.05, 0) is 37.6 Å². The second-order valence-electron chi connectivity index (χ2n) is 2.93. The molecule has 14 heavy (non-hydrogen) atoms. The van der Waals surface area contributed by atoms with E-state index in [0.717, 1.165) is 17.9 Å². The number of allylic oxidation sites excluding steroid dienone is 3. The summed E-state index contributed by atoms with van der Waals surface area (Å²) in [6.45, 7) is 4.08. The molecule has 0 bridgehead atoms. The van der Waals surface area contributed by atoms with E-state index in [1.54, 1.807) is 0 Å². The van der Waals surface area contributed by atoms with Crippen LogP contribution in [0.3, 0.4) is 0 Å². The largest absolute Gasteiger partial charge is 0.458 e. The van der Waals surface area contributed by atoms with E-state index >= 15 is 0 Å². The van der Waals surface area contributed by atoms with Crippen molar-refractivity contribution in [3.63, 3.8) is 0 Å². The highest BCUT2D eigenvalue weighted by Gasteiger charge is 1.94. The lowest BCUT2D eigenvalue weighted by Crippen LogP contribution is -1.91. The van der Waals surface area contributed by atoms with E-state index in [-0.39, 0.29) is 0 Å². The van der Waals surface area contributed by atoms with E-state index in [4.69, 9.17) is 4.74 Å². The van der Waals surface area contributed by atoms with Crippen molar-refractivity contribution in [2.75, 3.05) is 0 Å². The molecule has 0 aromatic heterocycles. The summed E-state index contributed by atoms with van der Waals surface area (Å²) in [4.78, 5) is 0. The van der Waals surface area contributed by atoms with Crippen molar-refractivity contribution in [3.05, 3.63) is 54.3 Å². The highest BCUT2D eigenvalue weighted by Crippen LogP contribution is 2.13. The fourth-order valence-electron chi connectivity index (χ4n) is 1.13. The Labute approximate surface area is 85.7 Å². The third-order valence-electron chi connectivity index (χ3n) is 1.72. The van der Waals surface area contributed by atoms with Gasteiger partial charge in [0.2, 0.25) is 0 Å². The third kappa shape index (κ3) is 3.48. The van der Waals surface area contributed by atoms with Crippen molar-refractivity contribution in [1.82, 2.24) is 0 Å². The summed E-state index contributed by atoms with van der Waals surface area (Å²) < 4.78 is 5.67. The zero-order chi connectivity index (χ0) is 10.2. The summed E-state index contributed by atoms with van der Waals surface area (Å²) in [5.74, 6) is 1.78. The maximum absolute atomic E-state index is 5.67. The molecule has 0 radical (unpaired) electrons. The highest BCUT2D eigenvalue weighted by molar-refractivity contribution is 5.26. The van der Waals surface area contributed by atoms with Gasteiger partial charge in [0.05, 0.1) is 0 Å². The van der Waals surface area contributed by atoms with Crippen molar-refractivity contribution in [2.45, 2.75) is 20.3 Å². The van der Waals surface area contributed by atoms with Crippen LogP contribution < -0.4 is 4.74 Å². The van der Waals surface area contributed by atoms with Crippen molar-refractivity contribution in [2.24, 2.45) is 0 Å².